The fraction of sp³-hybridized carbons (Fsp3) is 0.462. The first-order valence-electron chi connectivity index (χ1n) is 6.14. The molecule has 0 saturated heterocycles. The first kappa shape index (κ1) is 12.7. The highest BCUT2D eigenvalue weighted by molar-refractivity contribution is 5.48. The first-order valence-corrected chi connectivity index (χ1v) is 6.14. The van der Waals surface area contributed by atoms with E-state index in [0.717, 1.165) is 24.2 Å². The van der Waals surface area contributed by atoms with Crippen molar-refractivity contribution in [2.45, 2.75) is 33.2 Å². The molecule has 0 amide bonds. The maximum absolute atomic E-state index is 5.20. The molecule has 0 spiro atoms. The SMILES string of the molecule is Cc1ccnc(-c2noc(CCNC(C)C)n2)c1. The molecule has 18 heavy (non-hydrogen) atoms. The number of nitrogens with zero attached hydrogens (tertiary/aromatic N) is 3. The van der Waals surface area contributed by atoms with E-state index in [2.05, 4.69) is 34.3 Å². The zero-order valence-corrected chi connectivity index (χ0v) is 11.0. The van der Waals surface area contributed by atoms with Crippen LogP contribution in [0.15, 0.2) is 22.9 Å². The zero-order valence-electron chi connectivity index (χ0n) is 11.0. The molecule has 2 heterocycles. The minimum atomic E-state index is 0.464. The molecule has 2 aromatic rings. The van der Waals surface area contributed by atoms with Crippen molar-refractivity contribution in [2.75, 3.05) is 6.54 Å². The molecule has 0 fully saturated rings. The van der Waals surface area contributed by atoms with Crippen LogP contribution in [0.5, 0.6) is 0 Å². The van der Waals surface area contributed by atoms with Gasteiger partial charge in [0.25, 0.3) is 0 Å². The number of rotatable bonds is 5. The third-order valence-electron chi connectivity index (χ3n) is 2.50. The molecule has 1 N–H and O–H groups in total. The molecule has 0 aliphatic heterocycles. The summed E-state index contributed by atoms with van der Waals surface area (Å²) in [5.74, 6) is 1.19. The maximum atomic E-state index is 5.20. The molecule has 5 heteroatoms. The van der Waals surface area contributed by atoms with E-state index in [4.69, 9.17) is 4.52 Å². The molecule has 2 aromatic heterocycles. The van der Waals surface area contributed by atoms with Crippen LogP contribution in [0, 0.1) is 6.92 Å². The summed E-state index contributed by atoms with van der Waals surface area (Å²) < 4.78 is 5.20. The standard InChI is InChI=1S/C13H18N4O/c1-9(2)14-7-5-12-16-13(17-18-12)11-8-10(3)4-6-15-11/h4,6,8-9,14H,5,7H2,1-3H3. The maximum Gasteiger partial charge on any atom is 0.228 e. The summed E-state index contributed by atoms with van der Waals surface area (Å²) in [5.41, 5.74) is 1.88. The highest BCUT2D eigenvalue weighted by Crippen LogP contribution is 2.13. The second-order valence-corrected chi connectivity index (χ2v) is 4.59. The van der Waals surface area contributed by atoms with E-state index >= 15 is 0 Å². The predicted octanol–water partition coefficient (Wildman–Crippen LogP) is 1.98. The summed E-state index contributed by atoms with van der Waals surface area (Å²) in [7, 11) is 0. The van der Waals surface area contributed by atoms with Gasteiger partial charge in [-0.2, -0.15) is 4.98 Å². The molecule has 0 radical (unpaired) electrons. The predicted molar refractivity (Wildman–Crippen MR) is 69.1 cm³/mol. The Morgan fingerprint density at radius 1 is 1.39 bits per heavy atom. The summed E-state index contributed by atoms with van der Waals surface area (Å²) in [6, 6.07) is 4.35. The van der Waals surface area contributed by atoms with Gasteiger partial charge in [-0.1, -0.05) is 19.0 Å². The van der Waals surface area contributed by atoms with Crippen LogP contribution in [0.1, 0.15) is 25.3 Å². The summed E-state index contributed by atoms with van der Waals surface area (Å²) in [4.78, 5) is 8.57. The highest BCUT2D eigenvalue weighted by atomic mass is 16.5. The Balaban J connectivity index is 2.02. The molecule has 2 rings (SSSR count). The fourth-order valence-corrected chi connectivity index (χ4v) is 1.59. The quantitative estimate of drug-likeness (QED) is 0.874. The monoisotopic (exact) mass is 246 g/mol. The van der Waals surface area contributed by atoms with Gasteiger partial charge in [-0.25, -0.2) is 0 Å². The molecule has 0 atom stereocenters. The molecule has 0 aromatic carbocycles. The molecular weight excluding hydrogens is 228 g/mol. The normalized spacial score (nSPS) is 11.1. The summed E-state index contributed by atoms with van der Waals surface area (Å²) >= 11 is 0. The van der Waals surface area contributed by atoms with Gasteiger partial charge in [-0.05, 0) is 24.6 Å². The number of aromatic nitrogens is 3. The van der Waals surface area contributed by atoms with Crippen LogP contribution in [0.4, 0.5) is 0 Å². The third kappa shape index (κ3) is 3.37. The van der Waals surface area contributed by atoms with Gasteiger partial charge in [0.05, 0.1) is 0 Å². The Kier molecular flexibility index (Phi) is 4.04. The van der Waals surface area contributed by atoms with E-state index < -0.39 is 0 Å². The zero-order chi connectivity index (χ0) is 13.0. The van der Waals surface area contributed by atoms with Gasteiger partial charge < -0.3 is 9.84 Å². The van der Waals surface area contributed by atoms with Crippen molar-refractivity contribution in [1.82, 2.24) is 20.4 Å². The Morgan fingerprint density at radius 3 is 2.94 bits per heavy atom. The Labute approximate surface area is 107 Å². The van der Waals surface area contributed by atoms with Crippen LogP contribution in [0.2, 0.25) is 0 Å². The average molecular weight is 246 g/mol. The van der Waals surface area contributed by atoms with Gasteiger partial charge in [0.2, 0.25) is 11.7 Å². The Morgan fingerprint density at radius 2 is 2.22 bits per heavy atom. The number of aryl methyl sites for hydroxylation is 1. The van der Waals surface area contributed by atoms with Gasteiger partial charge in [-0.3, -0.25) is 4.98 Å². The molecule has 96 valence electrons. The number of pyridine rings is 1. The first-order chi connectivity index (χ1) is 8.65. The molecule has 0 unspecified atom stereocenters. The van der Waals surface area contributed by atoms with E-state index in [-0.39, 0.29) is 0 Å². The molecule has 0 saturated carbocycles. The van der Waals surface area contributed by atoms with Crippen LogP contribution in [-0.2, 0) is 6.42 Å². The Hall–Kier alpha value is -1.75. The van der Waals surface area contributed by atoms with Gasteiger partial charge in [0, 0.05) is 25.2 Å². The summed E-state index contributed by atoms with van der Waals surface area (Å²) in [5, 5.41) is 7.26. The summed E-state index contributed by atoms with van der Waals surface area (Å²) in [6.07, 6.45) is 2.48. The molecule has 0 bridgehead atoms. The van der Waals surface area contributed by atoms with Crippen molar-refractivity contribution in [2.24, 2.45) is 0 Å². The van der Waals surface area contributed by atoms with Crippen molar-refractivity contribution in [3.63, 3.8) is 0 Å². The second-order valence-electron chi connectivity index (χ2n) is 4.59. The Bertz CT molecular complexity index is 507. The number of nitrogens with one attached hydrogen (secondary N) is 1. The third-order valence-corrected chi connectivity index (χ3v) is 2.50. The lowest BCUT2D eigenvalue weighted by Gasteiger charge is -2.04. The highest BCUT2D eigenvalue weighted by Gasteiger charge is 2.09. The molecule has 5 nitrogen and oxygen atoms in total. The fourth-order valence-electron chi connectivity index (χ4n) is 1.59. The topological polar surface area (TPSA) is 63.8 Å². The molecular formula is C13H18N4O. The average Bonchev–Trinajstić information content (AvgIpc) is 2.77. The largest absolute Gasteiger partial charge is 0.339 e. The minimum absolute atomic E-state index is 0.464. The van der Waals surface area contributed by atoms with Crippen molar-refractivity contribution in [3.05, 3.63) is 29.8 Å². The lowest BCUT2D eigenvalue weighted by Crippen LogP contribution is -2.25. The van der Waals surface area contributed by atoms with Crippen LogP contribution >= 0.6 is 0 Å². The van der Waals surface area contributed by atoms with E-state index in [1.807, 2.05) is 19.1 Å². The van der Waals surface area contributed by atoms with E-state index in [1.165, 1.54) is 0 Å². The lowest BCUT2D eigenvalue weighted by atomic mass is 10.2. The van der Waals surface area contributed by atoms with E-state index in [9.17, 15) is 0 Å². The van der Waals surface area contributed by atoms with Crippen LogP contribution in [0.25, 0.3) is 11.5 Å². The van der Waals surface area contributed by atoms with Gasteiger partial charge in [0.1, 0.15) is 5.69 Å². The van der Waals surface area contributed by atoms with Crippen molar-refractivity contribution in [1.29, 1.82) is 0 Å². The van der Waals surface area contributed by atoms with Crippen molar-refractivity contribution < 1.29 is 4.52 Å². The van der Waals surface area contributed by atoms with Crippen molar-refractivity contribution in [3.8, 4) is 11.5 Å². The van der Waals surface area contributed by atoms with Gasteiger partial charge >= 0.3 is 0 Å². The second kappa shape index (κ2) is 5.73. The van der Waals surface area contributed by atoms with Crippen LogP contribution < -0.4 is 5.32 Å². The van der Waals surface area contributed by atoms with Gasteiger partial charge in [0.15, 0.2) is 0 Å². The molecule has 0 aliphatic rings. The van der Waals surface area contributed by atoms with Crippen LogP contribution in [0.3, 0.4) is 0 Å². The van der Waals surface area contributed by atoms with Gasteiger partial charge in [-0.15, -0.1) is 0 Å². The van der Waals surface area contributed by atoms with Crippen LogP contribution in [-0.4, -0.2) is 27.7 Å². The smallest absolute Gasteiger partial charge is 0.228 e. The number of hydrogen-bond acceptors (Lipinski definition) is 5. The van der Waals surface area contributed by atoms with Crippen molar-refractivity contribution >= 4 is 0 Å². The lowest BCUT2D eigenvalue weighted by molar-refractivity contribution is 0.374. The summed E-state index contributed by atoms with van der Waals surface area (Å²) in [6.45, 7) is 7.06. The van der Waals surface area contributed by atoms with E-state index in [1.54, 1.807) is 6.20 Å². The minimum Gasteiger partial charge on any atom is -0.339 e. The van der Waals surface area contributed by atoms with E-state index in [0.29, 0.717) is 17.8 Å². The molecule has 0 aliphatic carbocycles. The number of hydrogen-bond donors (Lipinski definition) is 1.